The van der Waals surface area contributed by atoms with Gasteiger partial charge in [0.05, 0.1) is 19.8 Å². The molecule has 3 aromatic rings. The van der Waals surface area contributed by atoms with Crippen LogP contribution in [0.3, 0.4) is 0 Å². The molecule has 0 amide bonds. The normalized spacial score (nSPS) is 19.8. The number of pyridine rings is 1. The molecule has 28 heavy (non-hydrogen) atoms. The van der Waals surface area contributed by atoms with Crippen molar-refractivity contribution in [3.63, 3.8) is 0 Å². The van der Waals surface area contributed by atoms with Crippen LogP contribution in [0.2, 0.25) is 0 Å². The summed E-state index contributed by atoms with van der Waals surface area (Å²) in [7, 11) is 1.68. The summed E-state index contributed by atoms with van der Waals surface area (Å²) in [5, 5.41) is 14.7. The quantitative estimate of drug-likeness (QED) is 0.674. The molecule has 1 saturated heterocycles. The summed E-state index contributed by atoms with van der Waals surface area (Å²) >= 11 is 0. The van der Waals surface area contributed by atoms with Gasteiger partial charge in [-0.15, -0.1) is 0 Å². The number of ether oxygens (including phenoxy) is 1. The van der Waals surface area contributed by atoms with Crippen LogP contribution >= 0.6 is 0 Å². The molecular formula is C21H25N5O2. The summed E-state index contributed by atoms with van der Waals surface area (Å²) in [5.74, 6) is 1.09. The van der Waals surface area contributed by atoms with Crippen molar-refractivity contribution in [2.75, 3.05) is 20.2 Å². The highest BCUT2D eigenvalue weighted by Crippen LogP contribution is 2.25. The van der Waals surface area contributed by atoms with Crippen molar-refractivity contribution in [3.8, 4) is 5.75 Å². The summed E-state index contributed by atoms with van der Waals surface area (Å²) in [6.07, 6.45) is 7.42. The number of likely N-dealkylation sites (tertiary alicyclic amines) is 1. The first kappa shape index (κ1) is 18.6. The molecule has 0 spiro atoms. The molecule has 1 N–H and O–H groups in total. The molecule has 3 heterocycles. The van der Waals surface area contributed by atoms with Gasteiger partial charge in [0.1, 0.15) is 18.4 Å². The molecule has 0 aliphatic carbocycles. The Hall–Kier alpha value is -2.77. The van der Waals surface area contributed by atoms with E-state index in [2.05, 4.69) is 32.1 Å². The summed E-state index contributed by atoms with van der Waals surface area (Å²) < 4.78 is 7.28. The van der Waals surface area contributed by atoms with E-state index < -0.39 is 0 Å². The second-order valence-electron chi connectivity index (χ2n) is 7.32. The first-order valence-electron chi connectivity index (χ1n) is 9.49. The lowest BCUT2D eigenvalue weighted by atomic mass is 9.97. The second-order valence-corrected chi connectivity index (χ2v) is 7.32. The molecule has 1 aromatic carbocycles. The van der Waals surface area contributed by atoms with Gasteiger partial charge in [-0.05, 0) is 41.8 Å². The second kappa shape index (κ2) is 8.50. The minimum atomic E-state index is -0.305. The first-order chi connectivity index (χ1) is 13.7. The van der Waals surface area contributed by atoms with Crippen LogP contribution in [0.5, 0.6) is 5.75 Å². The molecule has 4 rings (SSSR count). The molecule has 2 aromatic heterocycles. The van der Waals surface area contributed by atoms with E-state index in [1.54, 1.807) is 18.1 Å². The van der Waals surface area contributed by atoms with Gasteiger partial charge in [0.25, 0.3) is 0 Å². The number of hydrogen-bond acceptors (Lipinski definition) is 6. The van der Waals surface area contributed by atoms with Crippen LogP contribution in [0.4, 0.5) is 0 Å². The Balaban J connectivity index is 1.42. The lowest BCUT2D eigenvalue weighted by molar-refractivity contribution is 0.141. The van der Waals surface area contributed by atoms with Crippen LogP contribution in [-0.4, -0.2) is 56.1 Å². The Morgan fingerprint density at radius 1 is 1.07 bits per heavy atom. The van der Waals surface area contributed by atoms with E-state index in [0.717, 1.165) is 30.8 Å². The molecule has 2 atom stereocenters. The van der Waals surface area contributed by atoms with Crippen LogP contribution in [-0.2, 0) is 19.5 Å². The Morgan fingerprint density at radius 2 is 1.93 bits per heavy atom. The number of aromatic nitrogens is 4. The predicted octanol–water partition coefficient (Wildman–Crippen LogP) is 1.77. The number of rotatable bonds is 7. The molecule has 7 nitrogen and oxygen atoms in total. The summed E-state index contributed by atoms with van der Waals surface area (Å²) in [5.41, 5.74) is 3.49. The van der Waals surface area contributed by atoms with Gasteiger partial charge < -0.3 is 9.84 Å². The highest BCUT2D eigenvalue weighted by molar-refractivity contribution is 5.37. The molecule has 0 radical (unpaired) electrons. The van der Waals surface area contributed by atoms with E-state index in [9.17, 15) is 5.11 Å². The number of β-amino-alcohol motifs (C(OH)–C–C–N with tert-alkyl or cyclic N) is 1. The van der Waals surface area contributed by atoms with Gasteiger partial charge in [-0.25, -0.2) is 9.67 Å². The third kappa shape index (κ3) is 4.37. The van der Waals surface area contributed by atoms with E-state index in [-0.39, 0.29) is 12.0 Å². The number of benzene rings is 1. The van der Waals surface area contributed by atoms with Crippen molar-refractivity contribution in [1.29, 1.82) is 0 Å². The third-order valence-corrected chi connectivity index (χ3v) is 5.28. The van der Waals surface area contributed by atoms with Gasteiger partial charge >= 0.3 is 0 Å². The fraction of sp³-hybridized carbons (Fsp3) is 0.381. The molecule has 146 valence electrons. The zero-order valence-corrected chi connectivity index (χ0v) is 16.0. The lowest BCUT2D eigenvalue weighted by Crippen LogP contribution is -2.21. The van der Waals surface area contributed by atoms with Crippen LogP contribution in [0.25, 0.3) is 0 Å². The maximum atomic E-state index is 10.5. The van der Waals surface area contributed by atoms with E-state index >= 15 is 0 Å². The van der Waals surface area contributed by atoms with Crippen molar-refractivity contribution in [1.82, 2.24) is 24.6 Å². The number of nitrogens with zero attached hydrogens (tertiary/aromatic N) is 5. The maximum Gasteiger partial charge on any atom is 0.137 e. The van der Waals surface area contributed by atoms with E-state index in [0.29, 0.717) is 13.1 Å². The van der Waals surface area contributed by atoms with E-state index in [4.69, 9.17) is 4.74 Å². The zero-order valence-electron chi connectivity index (χ0n) is 16.0. The number of hydrogen-bond donors (Lipinski definition) is 1. The lowest BCUT2D eigenvalue weighted by Gasteiger charge is -2.17. The molecule has 7 heteroatoms. The topological polar surface area (TPSA) is 76.3 Å². The molecule has 1 aliphatic rings. The highest BCUT2D eigenvalue weighted by Gasteiger charge is 2.31. The minimum Gasteiger partial charge on any atom is -0.496 e. The molecule has 0 unspecified atom stereocenters. The number of aliphatic hydroxyl groups is 1. The van der Waals surface area contributed by atoms with Crippen LogP contribution in [0, 0.1) is 5.92 Å². The monoisotopic (exact) mass is 379 g/mol. The standard InChI is InChI=1S/C21H25N5O2/c1-28-21-3-2-17(9-19(21)12-26-15-23-14-24-26)10-25-11-18(20(27)13-25)8-16-4-6-22-7-5-16/h2-7,9,14-15,18,20,27H,8,10-13H2,1H3/t18-,20+/m1/s1. The Labute approximate surface area is 164 Å². The highest BCUT2D eigenvalue weighted by atomic mass is 16.5. The Morgan fingerprint density at radius 3 is 2.68 bits per heavy atom. The molecular weight excluding hydrogens is 354 g/mol. The van der Waals surface area contributed by atoms with Crippen LogP contribution in [0.1, 0.15) is 16.7 Å². The predicted molar refractivity (Wildman–Crippen MR) is 105 cm³/mol. The van der Waals surface area contributed by atoms with Gasteiger partial charge in [-0.3, -0.25) is 9.88 Å². The van der Waals surface area contributed by atoms with Crippen molar-refractivity contribution >= 4 is 0 Å². The third-order valence-electron chi connectivity index (χ3n) is 5.28. The smallest absolute Gasteiger partial charge is 0.137 e. The largest absolute Gasteiger partial charge is 0.496 e. The fourth-order valence-corrected chi connectivity index (χ4v) is 3.89. The Bertz CT molecular complexity index is 885. The van der Waals surface area contributed by atoms with Crippen LogP contribution in [0.15, 0.2) is 55.4 Å². The molecule has 0 bridgehead atoms. The summed E-state index contributed by atoms with van der Waals surface area (Å²) in [4.78, 5) is 10.4. The fourth-order valence-electron chi connectivity index (χ4n) is 3.89. The maximum absolute atomic E-state index is 10.5. The van der Waals surface area contributed by atoms with E-state index in [1.807, 2.05) is 30.6 Å². The number of methoxy groups -OCH3 is 1. The van der Waals surface area contributed by atoms with Gasteiger partial charge in [0, 0.05) is 43.5 Å². The van der Waals surface area contributed by atoms with Crippen molar-refractivity contribution in [3.05, 3.63) is 72.1 Å². The van der Waals surface area contributed by atoms with Crippen molar-refractivity contribution in [2.45, 2.75) is 25.6 Å². The Kier molecular flexibility index (Phi) is 5.64. The summed E-state index contributed by atoms with van der Waals surface area (Å²) in [6.45, 7) is 3.00. The van der Waals surface area contributed by atoms with Gasteiger partial charge in [0.15, 0.2) is 0 Å². The van der Waals surface area contributed by atoms with E-state index in [1.165, 1.54) is 17.5 Å². The average molecular weight is 379 g/mol. The summed E-state index contributed by atoms with van der Waals surface area (Å²) in [6, 6.07) is 10.3. The van der Waals surface area contributed by atoms with Gasteiger partial charge in [-0.2, -0.15) is 5.10 Å². The average Bonchev–Trinajstić information content (AvgIpc) is 3.33. The van der Waals surface area contributed by atoms with Gasteiger partial charge in [-0.1, -0.05) is 6.07 Å². The number of aliphatic hydroxyl groups excluding tert-OH is 1. The van der Waals surface area contributed by atoms with Crippen LogP contribution < -0.4 is 4.74 Å². The zero-order chi connectivity index (χ0) is 19.3. The molecule has 0 saturated carbocycles. The van der Waals surface area contributed by atoms with Gasteiger partial charge in [0.2, 0.25) is 0 Å². The van der Waals surface area contributed by atoms with Crippen molar-refractivity contribution in [2.24, 2.45) is 5.92 Å². The molecule has 1 fully saturated rings. The first-order valence-corrected chi connectivity index (χ1v) is 9.49. The molecule has 1 aliphatic heterocycles. The minimum absolute atomic E-state index is 0.246. The SMILES string of the molecule is COc1ccc(CN2C[C@@H](Cc3ccncc3)[C@@H](O)C2)cc1Cn1cncn1. The van der Waals surface area contributed by atoms with Crippen molar-refractivity contribution < 1.29 is 9.84 Å².